The van der Waals surface area contributed by atoms with Crippen molar-refractivity contribution in [3.63, 3.8) is 0 Å². The molecule has 1 amide bonds. The van der Waals surface area contributed by atoms with E-state index in [9.17, 15) is 4.79 Å². The molecule has 2 heterocycles. The lowest BCUT2D eigenvalue weighted by Gasteiger charge is -2.26. The number of rotatable bonds is 4. The van der Waals surface area contributed by atoms with Gasteiger partial charge in [-0.1, -0.05) is 29.0 Å². The number of aromatic nitrogens is 2. The van der Waals surface area contributed by atoms with Gasteiger partial charge in [-0.3, -0.25) is 4.79 Å². The third-order valence-corrected chi connectivity index (χ3v) is 4.36. The van der Waals surface area contributed by atoms with E-state index in [0.717, 1.165) is 16.7 Å². The predicted molar refractivity (Wildman–Crippen MR) is 87.3 cm³/mol. The lowest BCUT2D eigenvalue weighted by atomic mass is 10.1. The van der Waals surface area contributed by atoms with Crippen molar-refractivity contribution in [2.75, 3.05) is 32.1 Å². The average molecular weight is 333 g/mol. The van der Waals surface area contributed by atoms with Crippen molar-refractivity contribution in [2.24, 2.45) is 0 Å². The maximum atomic E-state index is 12.1. The molecule has 2 aromatic rings. The summed E-state index contributed by atoms with van der Waals surface area (Å²) in [6.07, 6.45) is 0. The van der Waals surface area contributed by atoms with Crippen molar-refractivity contribution in [3.05, 3.63) is 29.3 Å². The number of ether oxygens (including phenoxy) is 1. The van der Waals surface area contributed by atoms with Gasteiger partial charge in [-0.05, 0) is 26.0 Å². The van der Waals surface area contributed by atoms with Crippen molar-refractivity contribution in [2.45, 2.75) is 19.1 Å². The van der Waals surface area contributed by atoms with E-state index in [1.54, 1.807) is 4.90 Å². The number of aryl methyl sites for hydroxylation is 2. The van der Waals surface area contributed by atoms with E-state index in [4.69, 9.17) is 9.15 Å². The van der Waals surface area contributed by atoms with Gasteiger partial charge in [0, 0.05) is 18.7 Å². The Labute approximate surface area is 139 Å². The highest BCUT2D eigenvalue weighted by molar-refractivity contribution is 7.99. The molecule has 122 valence electrons. The third-order valence-electron chi connectivity index (χ3n) is 3.56. The molecule has 1 aromatic heterocycles. The molecule has 0 unspecified atom stereocenters. The zero-order valence-electron chi connectivity index (χ0n) is 13.2. The first-order valence-electron chi connectivity index (χ1n) is 7.52. The Morgan fingerprint density at radius 3 is 2.57 bits per heavy atom. The van der Waals surface area contributed by atoms with E-state index < -0.39 is 0 Å². The molecule has 1 saturated heterocycles. The number of benzene rings is 1. The van der Waals surface area contributed by atoms with Crippen LogP contribution in [0.5, 0.6) is 0 Å². The molecule has 1 aromatic carbocycles. The smallest absolute Gasteiger partial charge is 0.277 e. The highest BCUT2D eigenvalue weighted by atomic mass is 32.2. The van der Waals surface area contributed by atoms with E-state index in [0.29, 0.717) is 43.2 Å². The molecule has 1 aliphatic heterocycles. The van der Waals surface area contributed by atoms with Crippen LogP contribution in [0.25, 0.3) is 11.5 Å². The zero-order valence-corrected chi connectivity index (χ0v) is 14.1. The number of morpholine rings is 1. The minimum Gasteiger partial charge on any atom is -0.411 e. The monoisotopic (exact) mass is 333 g/mol. The predicted octanol–water partition coefficient (Wildman–Crippen LogP) is 2.30. The SMILES string of the molecule is Cc1cc(C)cc(-c2nnc(SCC(=O)N3CCOCC3)o2)c1. The van der Waals surface area contributed by atoms with Gasteiger partial charge < -0.3 is 14.1 Å². The van der Waals surface area contributed by atoms with Crippen LogP contribution in [0.2, 0.25) is 0 Å². The highest BCUT2D eigenvalue weighted by Gasteiger charge is 2.18. The molecule has 0 bridgehead atoms. The summed E-state index contributed by atoms with van der Waals surface area (Å²) in [6, 6.07) is 6.11. The summed E-state index contributed by atoms with van der Waals surface area (Å²) in [5.74, 6) is 0.858. The Kier molecular flexibility index (Phi) is 4.97. The number of hydrogen-bond donors (Lipinski definition) is 0. The first kappa shape index (κ1) is 16.0. The standard InChI is InChI=1S/C16H19N3O3S/c1-11-7-12(2)9-13(8-11)15-17-18-16(22-15)23-10-14(20)19-3-5-21-6-4-19/h7-9H,3-6,10H2,1-2H3. The van der Waals surface area contributed by atoms with Crippen LogP contribution in [-0.4, -0.2) is 53.1 Å². The fourth-order valence-corrected chi connectivity index (χ4v) is 3.18. The van der Waals surface area contributed by atoms with Gasteiger partial charge in [-0.25, -0.2) is 0 Å². The minimum atomic E-state index is 0.0736. The fourth-order valence-electron chi connectivity index (χ4n) is 2.51. The Morgan fingerprint density at radius 1 is 1.17 bits per heavy atom. The zero-order chi connectivity index (χ0) is 16.2. The topological polar surface area (TPSA) is 68.5 Å². The Morgan fingerprint density at radius 2 is 1.87 bits per heavy atom. The first-order chi connectivity index (χ1) is 11.1. The van der Waals surface area contributed by atoms with Crippen molar-refractivity contribution < 1.29 is 13.9 Å². The molecule has 3 rings (SSSR count). The fraction of sp³-hybridized carbons (Fsp3) is 0.438. The lowest BCUT2D eigenvalue weighted by Crippen LogP contribution is -2.41. The molecule has 0 saturated carbocycles. The van der Waals surface area contributed by atoms with Gasteiger partial charge in [0.2, 0.25) is 11.8 Å². The average Bonchev–Trinajstić information content (AvgIpc) is 3.01. The second-order valence-electron chi connectivity index (χ2n) is 5.53. The number of thioether (sulfide) groups is 1. The van der Waals surface area contributed by atoms with E-state index in [2.05, 4.69) is 16.3 Å². The van der Waals surface area contributed by atoms with E-state index >= 15 is 0 Å². The number of carbonyl (C=O) groups excluding carboxylic acids is 1. The molecule has 0 atom stereocenters. The van der Waals surface area contributed by atoms with Crippen molar-refractivity contribution in [3.8, 4) is 11.5 Å². The van der Waals surface area contributed by atoms with Crippen LogP contribution in [0.1, 0.15) is 11.1 Å². The van der Waals surface area contributed by atoms with Gasteiger partial charge in [0.05, 0.1) is 19.0 Å². The van der Waals surface area contributed by atoms with E-state index in [-0.39, 0.29) is 5.91 Å². The summed E-state index contributed by atoms with van der Waals surface area (Å²) >= 11 is 1.27. The maximum absolute atomic E-state index is 12.1. The third kappa shape index (κ3) is 4.11. The van der Waals surface area contributed by atoms with Crippen LogP contribution in [0.3, 0.4) is 0 Å². The Bertz CT molecular complexity index is 675. The molecular formula is C16H19N3O3S. The summed E-state index contributed by atoms with van der Waals surface area (Å²) < 4.78 is 10.9. The summed E-state index contributed by atoms with van der Waals surface area (Å²) in [6.45, 7) is 6.57. The number of hydrogen-bond acceptors (Lipinski definition) is 6. The normalized spacial score (nSPS) is 15.0. The second kappa shape index (κ2) is 7.14. The van der Waals surface area contributed by atoms with Crippen LogP contribution in [0.15, 0.2) is 27.8 Å². The molecule has 1 fully saturated rings. The Balaban J connectivity index is 1.62. The van der Waals surface area contributed by atoms with Crippen molar-refractivity contribution >= 4 is 17.7 Å². The van der Waals surface area contributed by atoms with Gasteiger partial charge in [0.1, 0.15) is 0 Å². The molecule has 0 radical (unpaired) electrons. The second-order valence-corrected chi connectivity index (χ2v) is 6.46. The van der Waals surface area contributed by atoms with Crippen LogP contribution in [-0.2, 0) is 9.53 Å². The molecule has 0 spiro atoms. The molecule has 0 N–H and O–H groups in total. The molecular weight excluding hydrogens is 314 g/mol. The van der Waals surface area contributed by atoms with Gasteiger partial charge in [0.15, 0.2) is 0 Å². The summed E-state index contributed by atoms with van der Waals surface area (Å²) in [4.78, 5) is 13.9. The van der Waals surface area contributed by atoms with Gasteiger partial charge in [-0.2, -0.15) is 0 Å². The largest absolute Gasteiger partial charge is 0.411 e. The highest BCUT2D eigenvalue weighted by Crippen LogP contribution is 2.25. The lowest BCUT2D eigenvalue weighted by molar-refractivity contribution is -0.132. The number of amides is 1. The van der Waals surface area contributed by atoms with E-state index in [1.807, 2.05) is 26.0 Å². The summed E-state index contributed by atoms with van der Waals surface area (Å²) in [5, 5.41) is 8.51. The quantitative estimate of drug-likeness (QED) is 0.800. The summed E-state index contributed by atoms with van der Waals surface area (Å²) in [5.41, 5.74) is 3.20. The van der Waals surface area contributed by atoms with Crippen LogP contribution in [0, 0.1) is 13.8 Å². The molecule has 6 nitrogen and oxygen atoms in total. The molecule has 23 heavy (non-hydrogen) atoms. The minimum absolute atomic E-state index is 0.0736. The molecule has 0 aliphatic carbocycles. The van der Waals surface area contributed by atoms with Crippen LogP contribution in [0.4, 0.5) is 0 Å². The van der Waals surface area contributed by atoms with Crippen LogP contribution < -0.4 is 0 Å². The molecule has 7 heteroatoms. The Hall–Kier alpha value is -1.86. The van der Waals surface area contributed by atoms with Gasteiger partial charge >= 0.3 is 0 Å². The number of carbonyl (C=O) groups is 1. The first-order valence-corrected chi connectivity index (χ1v) is 8.51. The summed E-state index contributed by atoms with van der Waals surface area (Å²) in [7, 11) is 0. The maximum Gasteiger partial charge on any atom is 0.277 e. The van der Waals surface area contributed by atoms with E-state index in [1.165, 1.54) is 11.8 Å². The van der Waals surface area contributed by atoms with Gasteiger partial charge in [-0.15, -0.1) is 10.2 Å². The van der Waals surface area contributed by atoms with Gasteiger partial charge in [0.25, 0.3) is 5.22 Å². The van der Waals surface area contributed by atoms with Crippen LogP contribution >= 0.6 is 11.8 Å². The molecule has 1 aliphatic rings. The van der Waals surface area contributed by atoms with Crippen molar-refractivity contribution in [1.82, 2.24) is 15.1 Å². The number of nitrogens with zero attached hydrogens (tertiary/aromatic N) is 3. The van der Waals surface area contributed by atoms with Crippen molar-refractivity contribution in [1.29, 1.82) is 0 Å².